The van der Waals surface area contributed by atoms with Crippen LogP contribution in [0.3, 0.4) is 0 Å². The standard InChI is InChI=1S/C13H10Cl2N2O2S/c14-9-5-4-8(12(6-9)17(18)19)7-20-13-10(15)2-1-3-11(13)16/h1-6H,7,16H2. The molecule has 2 aromatic carbocycles. The van der Waals surface area contributed by atoms with Gasteiger partial charge in [-0.25, -0.2) is 0 Å². The van der Waals surface area contributed by atoms with E-state index < -0.39 is 4.92 Å². The van der Waals surface area contributed by atoms with Crippen molar-refractivity contribution in [2.45, 2.75) is 10.6 Å². The minimum absolute atomic E-state index is 0.00405. The smallest absolute Gasteiger partial charge is 0.274 e. The molecular formula is C13H10Cl2N2O2S. The number of benzene rings is 2. The molecule has 0 spiro atoms. The van der Waals surface area contributed by atoms with Crippen LogP contribution in [0.4, 0.5) is 11.4 Å². The molecular weight excluding hydrogens is 319 g/mol. The van der Waals surface area contributed by atoms with Crippen molar-refractivity contribution in [1.29, 1.82) is 0 Å². The summed E-state index contributed by atoms with van der Waals surface area (Å²) in [5.41, 5.74) is 6.97. The highest BCUT2D eigenvalue weighted by Crippen LogP contribution is 2.36. The van der Waals surface area contributed by atoms with Crippen LogP contribution in [0, 0.1) is 10.1 Å². The van der Waals surface area contributed by atoms with Gasteiger partial charge in [-0.05, 0) is 24.3 Å². The molecule has 2 rings (SSSR count). The van der Waals surface area contributed by atoms with Gasteiger partial charge in [0.1, 0.15) is 0 Å². The zero-order valence-corrected chi connectivity index (χ0v) is 12.5. The van der Waals surface area contributed by atoms with Crippen LogP contribution in [0.2, 0.25) is 10.0 Å². The normalized spacial score (nSPS) is 10.5. The molecule has 0 aliphatic carbocycles. The predicted octanol–water partition coefficient (Wildman–Crippen LogP) is 4.78. The topological polar surface area (TPSA) is 69.2 Å². The Labute approximate surface area is 130 Å². The first kappa shape index (κ1) is 15.0. The Bertz CT molecular complexity index is 645. The molecule has 2 N–H and O–H groups in total. The molecule has 0 amide bonds. The maximum Gasteiger partial charge on any atom is 0.274 e. The Kier molecular flexibility index (Phi) is 4.75. The fourth-order valence-electron chi connectivity index (χ4n) is 1.66. The summed E-state index contributed by atoms with van der Waals surface area (Å²) in [5, 5.41) is 11.9. The van der Waals surface area contributed by atoms with Gasteiger partial charge < -0.3 is 5.73 Å². The Morgan fingerprint density at radius 3 is 2.65 bits per heavy atom. The number of nitro benzene ring substituents is 1. The summed E-state index contributed by atoms with van der Waals surface area (Å²) >= 11 is 13.2. The van der Waals surface area contributed by atoms with Crippen LogP contribution in [-0.2, 0) is 5.75 Å². The van der Waals surface area contributed by atoms with Gasteiger partial charge in [-0.2, -0.15) is 0 Å². The van der Waals surface area contributed by atoms with Crippen molar-refractivity contribution in [2.75, 3.05) is 5.73 Å². The zero-order chi connectivity index (χ0) is 14.7. The van der Waals surface area contributed by atoms with E-state index in [2.05, 4.69) is 0 Å². The molecule has 0 unspecified atom stereocenters. The number of anilines is 1. The summed E-state index contributed by atoms with van der Waals surface area (Å²) in [6.07, 6.45) is 0. The third kappa shape index (κ3) is 3.36. The summed E-state index contributed by atoms with van der Waals surface area (Å²) in [4.78, 5) is 11.3. The number of halogens is 2. The van der Waals surface area contributed by atoms with Crippen molar-refractivity contribution in [3.8, 4) is 0 Å². The van der Waals surface area contributed by atoms with Gasteiger partial charge in [-0.15, -0.1) is 11.8 Å². The predicted molar refractivity (Wildman–Crippen MR) is 83.5 cm³/mol. The van der Waals surface area contributed by atoms with Crippen molar-refractivity contribution in [1.82, 2.24) is 0 Å². The fraction of sp³-hybridized carbons (Fsp3) is 0.0769. The van der Waals surface area contributed by atoms with Gasteiger partial charge >= 0.3 is 0 Å². The number of nitrogen functional groups attached to an aromatic ring is 1. The number of hydrogen-bond donors (Lipinski definition) is 1. The van der Waals surface area contributed by atoms with E-state index in [4.69, 9.17) is 28.9 Å². The number of rotatable bonds is 4. The summed E-state index contributed by atoms with van der Waals surface area (Å²) in [7, 11) is 0. The molecule has 0 bridgehead atoms. The van der Waals surface area contributed by atoms with E-state index in [1.54, 1.807) is 30.3 Å². The van der Waals surface area contributed by atoms with Gasteiger partial charge in [0.25, 0.3) is 5.69 Å². The largest absolute Gasteiger partial charge is 0.398 e. The molecule has 4 nitrogen and oxygen atoms in total. The second-order valence-electron chi connectivity index (χ2n) is 3.98. The van der Waals surface area contributed by atoms with E-state index in [0.29, 0.717) is 27.0 Å². The molecule has 2 aromatic rings. The van der Waals surface area contributed by atoms with Gasteiger partial charge in [0.2, 0.25) is 0 Å². The summed E-state index contributed by atoms with van der Waals surface area (Å²) in [5.74, 6) is 0.390. The molecule has 0 radical (unpaired) electrons. The van der Waals surface area contributed by atoms with Crippen molar-refractivity contribution < 1.29 is 4.92 Å². The number of nitrogens with two attached hydrogens (primary N) is 1. The van der Waals surface area contributed by atoms with Crippen LogP contribution in [0.5, 0.6) is 0 Å². The van der Waals surface area contributed by atoms with E-state index in [0.717, 1.165) is 4.90 Å². The lowest BCUT2D eigenvalue weighted by atomic mass is 10.2. The SMILES string of the molecule is Nc1cccc(Cl)c1SCc1ccc(Cl)cc1[N+](=O)[O-]. The van der Waals surface area contributed by atoms with E-state index >= 15 is 0 Å². The Morgan fingerprint density at radius 2 is 2.00 bits per heavy atom. The highest BCUT2D eigenvalue weighted by Gasteiger charge is 2.15. The van der Waals surface area contributed by atoms with E-state index in [9.17, 15) is 10.1 Å². The van der Waals surface area contributed by atoms with Crippen molar-refractivity contribution in [2.24, 2.45) is 0 Å². The minimum atomic E-state index is -0.447. The summed E-state index contributed by atoms with van der Waals surface area (Å²) < 4.78 is 0. The lowest BCUT2D eigenvalue weighted by molar-refractivity contribution is -0.385. The Hall–Kier alpha value is -1.43. The Morgan fingerprint density at radius 1 is 1.25 bits per heavy atom. The molecule has 0 saturated heterocycles. The van der Waals surface area contributed by atoms with E-state index in [1.165, 1.54) is 17.8 Å². The molecule has 0 heterocycles. The van der Waals surface area contributed by atoms with Gasteiger partial charge in [0, 0.05) is 33.0 Å². The quantitative estimate of drug-likeness (QED) is 0.379. The first-order chi connectivity index (χ1) is 9.49. The molecule has 20 heavy (non-hydrogen) atoms. The molecule has 7 heteroatoms. The number of nitrogens with zero attached hydrogens (tertiary/aromatic N) is 1. The molecule has 104 valence electrons. The third-order valence-corrected chi connectivity index (χ3v) is 4.48. The fourth-order valence-corrected chi connectivity index (χ4v) is 3.15. The number of hydrogen-bond acceptors (Lipinski definition) is 4. The first-order valence-corrected chi connectivity index (χ1v) is 7.33. The average molecular weight is 329 g/mol. The highest BCUT2D eigenvalue weighted by atomic mass is 35.5. The van der Waals surface area contributed by atoms with Crippen molar-refractivity contribution in [3.05, 3.63) is 62.1 Å². The first-order valence-electron chi connectivity index (χ1n) is 5.58. The minimum Gasteiger partial charge on any atom is -0.398 e. The summed E-state index contributed by atoms with van der Waals surface area (Å²) in [6, 6.07) is 9.84. The monoisotopic (exact) mass is 328 g/mol. The molecule has 0 aromatic heterocycles. The van der Waals surface area contributed by atoms with Gasteiger partial charge in [-0.1, -0.05) is 29.3 Å². The lowest BCUT2D eigenvalue weighted by Gasteiger charge is -2.08. The molecule has 0 aliphatic rings. The van der Waals surface area contributed by atoms with Crippen LogP contribution < -0.4 is 5.73 Å². The molecule has 0 atom stereocenters. The van der Waals surface area contributed by atoms with Crippen LogP contribution in [0.25, 0.3) is 0 Å². The second-order valence-corrected chi connectivity index (χ2v) is 5.81. The van der Waals surface area contributed by atoms with Crippen molar-refractivity contribution in [3.63, 3.8) is 0 Å². The highest BCUT2D eigenvalue weighted by molar-refractivity contribution is 7.98. The molecule has 0 saturated carbocycles. The molecule has 0 aliphatic heterocycles. The van der Waals surface area contributed by atoms with Crippen molar-refractivity contribution >= 4 is 46.3 Å². The third-order valence-electron chi connectivity index (χ3n) is 2.61. The van der Waals surface area contributed by atoms with Crippen LogP contribution in [0.1, 0.15) is 5.56 Å². The van der Waals surface area contributed by atoms with Crippen LogP contribution in [0.15, 0.2) is 41.3 Å². The summed E-state index contributed by atoms with van der Waals surface area (Å²) in [6.45, 7) is 0. The average Bonchev–Trinajstić information content (AvgIpc) is 2.39. The van der Waals surface area contributed by atoms with Gasteiger partial charge in [-0.3, -0.25) is 10.1 Å². The maximum absolute atomic E-state index is 11.0. The van der Waals surface area contributed by atoms with E-state index in [-0.39, 0.29) is 5.69 Å². The molecule has 0 fully saturated rings. The van der Waals surface area contributed by atoms with Crippen LogP contribution >= 0.6 is 35.0 Å². The van der Waals surface area contributed by atoms with Crippen LogP contribution in [-0.4, -0.2) is 4.92 Å². The second kappa shape index (κ2) is 6.35. The number of thioether (sulfide) groups is 1. The Balaban J connectivity index is 2.25. The number of nitro groups is 1. The lowest BCUT2D eigenvalue weighted by Crippen LogP contribution is -1.95. The zero-order valence-electron chi connectivity index (χ0n) is 10.2. The maximum atomic E-state index is 11.0. The van der Waals surface area contributed by atoms with Gasteiger partial charge in [0.05, 0.1) is 9.95 Å². The van der Waals surface area contributed by atoms with Gasteiger partial charge in [0.15, 0.2) is 0 Å². The van der Waals surface area contributed by atoms with E-state index in [1.807, 2.05) is 0 Å².